The van der Waals surface area contributed by atoms with Crippen molar-refractivity contribution in [2.24, 2.45) is 0 Å². The third kappa shape index (κ3) is 4.48. The van der Waals surface area contributed by atoms with Crippen LogP contribution in [0.1, 0.15) is 28.2 Å². The molecule has 0 bridgehead atoms. The molecule has 0 heterocycles. The van der Waals surface area contributed by atoms with Gasteiger partial charge in [0.15, 0.2) is 0 Å². The van der Waals surface area contributed by atoms with Crippen LogP contribution in [0.2, 0.25) is 0 Å². The van der Waals surface area contributed by atoms with Gasteiger partial charge in [-0.3, -0.25) is 4.90 Å². The van der Waals surface area contributed by atoms with Gasteiger partial charge in [0, 0.05) is 19.4 Å². The number of rotatable bonds is 6. The van der Waals surface area contributed by atoms with E-state index < -0.39 is 36.3 Å². The minimum atomic E-state index is -4.64. The van der Waals surface area contributed by atoms with Crippen LogP contribution in [0.25, 0.3) is 11.1 Å². The average molecular weight is 469 g/mol. The molecule has 1 aliphatic carbocycles. The minimum Gasteiger partial charge on any atom is -0.480 e. The normalized spacial score (nSPS) is 13.6. The predicted molar refractivity (Wildman–Crippen MR) is 119 cm³/mol. The van der Waals surface area contributed by atoms with E-state index in [4.69, 9.17) is 4.74 Å². The number of fused-ring (bicyclic) bond motifs is 3. The standard InChI is InChI=1S/C26H22F3NO4/c1-30(23(24(31)32)14-16-8-2-7-13-22(16)26(27,28)29)25(33)34-15-21-19-11-5-3-9-17(19)18-10-4-6-12-20(18)21/h2-13,21,23H,14-15H2,1H3,(H,31,32)/t23-/m0/s1. The molecule has 3 aromatic carbocycles. The van der Waals surface area contributed by atoms with E-state index in [9.17, 15) is 27.9 Å². The summed E-state index contributed by atoms with van der Waals surface area (Å²) >= 11 is 0. The van der Waals surface area contributed by atoms with E-state index in [0.29, 0.717) is 0 Å². The van der Waals surface area contributed by atoms with E-state index in [-0.39, 0.29) is 18.1 Å². The number of hydrogen-bond donors (Lipinski definition) is 1. The van der Waals surface area contributed by atoms with Crippen molar-refractivity contribution in [3.63, 3.8) is 0 Å². The van der Waals surface area contributed by atoms with Gasteiger partial charge in [-0.05, 0) is 33.9 Å². The van der Waals surface area contributed by atoms with Crippen LogP contribution in [-0.2, 0) is 22.1 Å². The molecule has 0 spiro atoms. The number of nitrogens with zero attached hydrogens (tertiary/aromatic N) is 1. The summed E-state index contributed by atoms with van der Waals surface area (Å²) < 4.78 is 45.5. The second kappa shape index (κ2) is 9.21. The Morgan fingerprint density at radius 3 is 2.03 bits per heavy atom. The van der Waals surface area contributed by atoms with Crippen LogP contribution in [0, 0.1) is 0 Å². The third-order valence-electron chi connectivity index (χ3n) is 6.11. The van der Waals surface area contributed by atoms with E-state index >= 15 is 0 Å². The first kappa shape index (κ1) is 23.4. The number of halogens is 3. The summed E-state index contributed by atoms with van der Waals surface area (Å²) in [6, 6.07) is 18.7. The van der Waals surface area contributed by atoms with Gasteiger partial charge in [-0.2, -0.15) is 13.2 Å². The zero-order chi connectivity index (χ0) is 24.5. The van der Waals surface area contributed by atoms with Crippen LogP contribution in [0.4, 0.5) is 18.0 Å². The Balaban J connectivity index is 1.51. The van der Waals surface area contributed by atoms with Gasteiger partial charge in [0.1, 0.15) is 12.6 Å². The number of carboxylic acids is 1. The summed E-state index contributed by atoms with van der Waals surface area (Å²) in [5.41, 5.74) is 2.93. The molecule has 0 saturated carbocycles. The quantitative estimate of drug-likeness (QED) is 0.512. The number of amides is 1. The van der Waals surface area contributed by atoms with Gasteiger partial charge in [-0.1, -0.05) is 66.7 Å². The molecule has 0 aliphatic heterocycles. The van der Waals surface area contributed by atoms with Crippen LogP contribution in [0.5, 0.6) is 0 Å². The second-order valence-electron chi connectivity index (χ2n) is 8.13. The lowest BCUT2D eigenvalue weighted by Crippen LogP contribution is -2.44. The van der Waals surface area contributed by atoms with Gasteiger partial charge in [0.2, 0.25) is 0 Å². The Morgan fingerprint density at radius 2 is 1.47 bits per heavy atom. The molecule has 1 amide bonds. The largest absolute Gasteiger partial charge is 0.480 e. The predicted octanol–water partition coefficient (Wildman–Crippen LogP) is 5.58. The van der Waals surface area contributed by atoms with Crippen molar-refractivity contribution in [2.45, 2.75) is 24.6 Å². The molecule has 4 rings (SSSR count). The Hall–Kier alpha value is -3.81. The Bertz CT molecular complexity index is 1180. The first-order valence-corrected chi connectivity index (χ1v) is 10.6. The van der Waals surface area contributed by atoms with Crippen molar-refractivity contribution in [3.8, 4) is 11.1 Å². The number of benzene rings is 3. The first-order valence-electron chi connectivity index (χ1n) is 10.6. The van der Waals surface area contributed by atoms with Crippen molar-refractivity contribution >= 4 is 12.1 Å². The molecule has 0 unspecified atom stereocenters. The number of aliphatic carboxylic acids is 1. The van der Waals surface area contributed by atoms with Crippen LogP contribution < -0.4 is 0 Å². The monoisotopic (exact) mass is 469 g/mol. The van der Waals surface area contributed by atoms with Crippen molar-refractivity contribution in [3.05, 3.63) is 95.1 Å². The Kier molecular flexibility index (Phi) is 6.32. The van der Waals surface area contributed by atoms with Gasteiger partial charge in [-0.15, -0.1) is 0 Å². The van der Waals surface area contributed by atoms with Gasteiger partial charge >= 0.3 is 18.2 Å². The maximum atomic E-state index is 13.3. The summed E-state index contributed by atoms with van der Waals surface area (Å²) in [6.07, 6.45) is -6.06. The highest BCUT2D eigenvalue weighted by atomic mass is 19.4. The van der Waals surface area contributed by atoms with Crippen LogP contribution in [-0.4, -0.2) is 41.8 Å². The number of carbonyl (C=O) groups is 2. The molecule has 5 nitrogen and oxygen atoms in total. The molecule has 1 atom stereocenters. The number of likely N-dealkylation sites (N-methyl/N-ethyl adjacent to an activating group) is 1. The SMILES string of the molecule is CN(C(=O)OCC1c2ccccc2-c2ccccc21)[C@@H](Cc1ccccc1C(F)(F)F)C(=O)O. The number of alkyl halides is 3. The van der Waals surface area contributed by atoms with E-state index in [1.807, 2.05) is 48.5 Å². The number of ether oxygens (including phenoxy) is 1. The molecule has 1 aliphatic rings. The molecular formula is C26H22F3NO4. The summed E-state index contributed by atoms with van der Waals surface area (Å²) in [4.78, 5) is 25.5. The molecule has 0 fully saturated rings. The van der Waals surface area contributed by atoms with Crippen molar-refractivity contribution in [1.82, 2.24) is 4.90 Å². The van der Waals surface area contributed by atoms with Crippen LogP contribution >= 0.6 is 0 Å². The zero-order valence-electron chi connectivity index (χ0n) is 18.3. The average Bonchev–Trinajstić information content (AvgIpc) is 3.13. The number of carbonyl (C=O) groups excluding carboxylic acids is 1. The zero-order valence-corrected chi connectivity index (χ0v) is 18.3. The number of carboxylic acid groups (broad SMARTS) is 1. The summed E-state index contributed by atoms with van der Waals surface area (Å²) in [7, 11) is 1.22. The summed E-state index contributed by atoms with van der Waals surface area (Å²) in [5, 5.41) is 9.66. The number of hydrogen-bond acceptors (Lipinski definition) is 3. The molecule has 176 valence electrons. The van der Waals surface area contributed by atoms with E-state index in [1.165, 1.54) is 25.2 Å². The maximum Gasteiger partial charge on any atom is 0.416 e. The lowest BCUT2D eigenvalue weighted by Gasteiger charge is -2.26. The van der Waals surface area contributed by atoms with Gasteiger partial charge in [0.05, 0.1) is 5.56 Å². The highest BCUT2D eigenvalue weighted by Crippen LogP contribution is 2.44. The minimum absolute atomic E-state index is 0.0251. The fourth-order valence-corrected chi connectivity index (χ4v) is 4.40. The second-order valence-corrected chi connectivity index (χ2v) is 8.13. The molecule has 0 radical (unpaired) electrons. The lowest BCUT2D eigenvalue weighted by molar-refractivity contribution is -0.143. The van der Waals surface area contributed by atoms with Crippen molar-refractivity contribution < 1.29 is 32.6 Å². The molecule has 1 N–H and O–H groups in total. The molecule has 0 saturated heterocycles. The summed E-state index contributed by atoms with van der Waals surface area (Å²) in [5.74, 6) is -1.65. The maximum absolute atomic E-state index is 13.3. The lowest BCUT2D eigenvalue weighted by atomic mass is 9.98. The fraction of sp³-hybridized carbons (Fsp3) is 0.231. The van der Waals surface area contributed by atoms with Crippen molar-refractivity contribution in [1.29, 1.82) is 0 Å². The van der Waals surface area contributed by atoms with E-state index in [2.05, 4.69) is 0 Å². The van der Waals surface area contributed by atoms with Gasteiger partial charge < -0.3 is 9.84 Å². The van der Waals surface area contributed by atoms with E-state index in [0.717, 1.165) is 33.2 Å². The van der Waals surface area contributed by atoms with Crippen molar-refractivity contribution in [2.75, 3.05) is 13.7 Å². The first-order chi connectivity index (χ1) is 16.2. The Labute approximate surface area is 194 Å². The molecular weight excluding hydrogens is 447 g/mol. The molecule has 34 heavy (non-hydrogen) atoms. The summed E-state index contributed by atoms with van der Waals surface area (Å²) in [6.45, 7) is -0.0251. The van der Waals surface area contributed by atoms with Gasteiger partial charge in [-0.25, -0.2) is 9.59 Å². The smallest absolute Gasteiger partial charge is 0.416 e. The molecule has 3 aromatic rings. The van der Waals surface area contributed by atoms with Gasteiger partial charge in [0.25, 0.3) is 0 Å². The molecule has 0 aromatic heterocycles. The fourth-order valence-electron chi connectivity index (χ4n) is 4.40. The molecule has 8 heteroatoms. The highest BCUT2D eigenvalue weighted by Gasteiger charge is 2.36. The van der Waals surface area contributed by atoms with E-state index in [1.54, 1.807) is 0 Å². The highest BCUT2D eigenvalue weighted by molar-refractivity contribution is 5.81. The third-order valence-corrected chi connectivity index (χ3v) is 6.11. The van der Waals surface area contributed by atoms with Crippen LogP contribution in [0.3, 0.4) is 0 Å². The topological polar surface area (TPSA) is 66.8 Å². The van der Waals surface area contributed by atoms with Crippen LogP contribution in [0.15, 0.2) is 72.8 Å². The Morgan fingerprint density at radius 1 is 0.941 bits per heavy atom.